The van der Waals surface area contributed by atoms with Crippen LogP contribution in [-0.4, -0.2) is 18.1 Å². The van der Waals surface area contributed by atoms with Crippen LogP contribution >= 0.6 is 11.3 Å². The van der Waals surface area contributed by atoms with Crippen LogP contribution < -0.4 is 10.6 Å². The minimum atomic E-state index is 0.0504. The van der Waals surface area contributed by atoms with Crippen molar-refractivity contribution in [1.29, 1.82) is 0 Å². The maximum atomic E-state index is 5.84. The minimum Gasteiger partial charge on any atom is -0.348 e. The second-order valence-electron chi connectivity index (χ2n) is 4.73. The van der Waals surface area contributed by atoms with E-state index in [1.165, 1.54) is 25.8 Å². The van der Waals surface area contributed by atoms with Crippen molar-refractivity contribution in [2.75, 3.05) is 18.0 Å². The second-order valence-corrected chi connectivity index (χ2v) is 5.57. The fraction of sp³-hybridized carbons (Fsp3) is 0.750. The van der Waals surface area contributed by atoms with Crippen LogP contribution in [0, 0.1) is 5.92 Å². The quantitative estimate of drug-likeness (QED) is 0.830. The van der Waals surface area contributed by atoms with Gasteiger partial charge in [-0.15, -0.1) is 11.3 Å². The van der Waals surface area contributed by atoms with Gasteiger partial charge in [0, 0.05) is 24.5 Å². The summed E-state index contributed by atoms with van der Waals surface area (Å²) in [4.78, 5) is 7.05. The van der Waals surface area contributed by atoms with Gasteiger partial charge < -0.3 is 10.6 Å². The molecule has 16 heavy (non-hydrogen) atoms. The minimum absolute atomic E-state index is 0.0504. The molecule has 0 aromatic carbocycles. The Kier molecular flexibility index (Phi) is 3.82. The van der Waals surface area contributed by atoms with E-state index in [1.807, 2.05) is 6.92 Å². The smallest absolute Gasteiger partial charge is 0.185 e. The van der Waals surface area contributed by atoms with E-state index in [0.29, 0.717) is 0 Å². The molecule has 1 aliphatic rings. The van der Waals surface area contributed by atoms with E-state index < -0.39 is 0 Å². The first-order valence-electron chi connectivity index (χ1n) is 6.16. The van der Waals surface area contributed by atoms with Crippen LogP contribution in [0.25, 0.3) is 0 Å². The van der Waals surface area contributed by atoms with E-state index in [2.05, 4.69) is 22.2 Å². The number of anilines is 1. The zero-order valence-electron chi connectivity index (χ0n) is 10.1. The summed E-state index contributed by atoms with van der Waals surface area (Å²) >= 11 is 1.73. The van der Waals surface area contributed by atoms with Gasteiger partial charge in [0.1, 0.15) is 0 Å². The van der Waals surface area contributed by atoms with Crippen molar-refractivity contribution in [3.63, 3.8) is 0 Å². The summed E-state index contributed by atoms with van der Waals surface area (Å²) < 4.78 is 0. The van der Waals surface area contributed by atoms with Gasteiger partial charge in [-0.25, -0.2) is 4.98 Å². The zero-order valence-corrected chi connectivity index (χ0v) is 11.0. The van der Waals surface area contributed by atoms with Crippen LogP contribution in [0.3, 0.4) is 0 Å². The molecule has 0 saturated heterocycles. The molecule has 2 rings (SSSR count). The summed E-state index contributed by atoms with van der Waals surface area (Å²) in [5.74, 6) is 0.911. The first-order chi connectivity index (χ1) is 7.70. The van der Waals surface area contributed by atoms with Crippen molar-refractivity contribution < 1.29 is 0 Å². The number of aromatic nitrogens is 1. The molecular weight excluding hydrogens is 218 g/mol. The molecule has 1 aromatic rings. The van der Waals surface area contributed by atoms with Gasteiger partial charge in [-0.05, 0) is 32.1 Å². The van der Waals surface area contributed by atoms with Gasteiger partial charge in [-0.2, -0.15) is 0 Å². The highest BCUT2D eigenvalue weighted by atomic mass is 32.1. The van der Waals surface area contributed by atoms with Gasteiger partial charge in [0.25, 0.3) is 0 Å². The lowest BCUT2D eigenvalue weighted by Crippen LogP contribution is -2.26. The summed E-state index contributed by atoms with van der Waals surface area (Å²) in [6.45, 7) is 6.51. The van der Waals surface area contributed by atoms with Gasteiger partial charge in [-0.1, -0.05) is 6.92 Å². The molecule has 0 aliphatic heterocycles. The largest absolute Gasteiger partial charge is 0.348 e. The second kappa shape index (κ2) is 5.15. The normalized spacial score (nSPS) is 17.4. The third-order valence-electron chi connectivity index (χ3n) is 2.92. The lowest BCUT2D eigenvalue weighted by atomic mass is 10.3. The molecule has 1 fully saturated rings. The number of hydrogen-bond donors (Lipinski definition) is 1. The van der Waals surface area contributed by atoms with Gasteiger partial charge in [0.05, 0.1) is 5.69 Å². The Morgan fingerprint density at radius 2 is 2.38 bits per heavy atom. The summed E-state index contributed by atoms with van der Waals surface area (Å²) in [6.07, 6.45) is 3.97. The van der Waals surface area contributed by atoms with E-state index in [9.17, 15) is 0 Å². The molecule has 0 amide bonds. The molecule has 3 nitrogen and oxygen atoms in total. The van der Waals surface area contributed by atoms with Gasteiger partial charge >= 0.3 is 0 Å². The fourth-order valence-corrected chi connectivity index (χ4v) is 2.74. The number of thiazole rings is 1. The molecular formula is C12H21N3S. The van der Waals surface area contributed by atoms with Crippen LogP contribution in [0.2, 0.25) is 0 Å². The molecule has 1 aliphatic carbocycles. The highest BCUT2D eigenvalue weighted by Crippen LogP contribution is 2.32. The predicted molar refractivity (Wildman–Crippen MR) is 69.9 cm³/mol. The molecule has 90 valence electrons. The summed E-state index contributed by atoms with van der Waals surface area (Å²) in [5, 5.41) is 3.25. The van der Waals surface area contributed by atoms with E-state index in [4.69, 9.17) is 5.73 Å². The van der Waals surface area contributed by atoms with Crippen molar-refractivity contribution in [2.24, 2.45) is 11.7 Å². The maximum absolute atomic E-state index is 5.84. The lowest BCUT2D eigenvalue weighted by Gasteiger charge is -2.20. The average Bonchev–Trinajstić information content (AvgIpc) is 2.92. The maximum Gasteiger partial charge on any atom is 0.185 e. The van der Waals surface area contributed by atoms with Crippen molar-refractivity contribution in [3.8, 4) is 0 Å². The number of hydrogen-bond acceptors (Lipinski definition) is 4. The first-order valence-corrected chi connectivity index (χ1v) is 7.04. The third kappa shape index (κ3) is 2.95. The van der Waals surface area contributed by atoms with Crippen LogP contribution in [0.1, 0.15) is 44.8 Å². The Balaban J connectivity index is 2.03. The van der Waals surface area contributed by atoms with E-state index in [-0.39, 0.29) is 6.04 Å². The third-order valence-corrected chi connectivity index (χ3v) is 3.84. The van der Waals surface area contributed by atoms with Gasteiger partial charge in [0.15, 0.2) is 5.13 Å². The van der Waals surface area contributed by atoms with E-state index >= 15 is 0 Å². The van der Waals surface area contributed by atoms with Crippen molar-refractivity contribution in [2.45, 2.75) is 39.2 Å². The van der Waals surface area contributed by atoms with Crippen molar-refractivity contribution in [3.05, 3.63) is 11.1 Å². The molecule has 0 bridgehead atoms. The van der Waals surface area contributed by atoms with E-state index in [0.717, 1.165) is 23.3 Å². The Hall–Kier alpha value is -0.610. The molecule has 1 atom stereocenters. The SMILES string of the molecule is CCCN(CC1CC1)c1nc(C(C)N)cs1. The topological polar surface area (TPSA) is 42.2 Å². The number of nitrogens with two attached hydrogens (primary N) is 1. The van der Waals surface area contributed by atoms with Crippen LogP contribution in [0.4, 0.5) is 5.13 Å². The van der Waals surface area contributed by atoms with Crippen molar-refractivity contribution in [1.82, 2.24) is 4.98 Å². The van der Waals surface area contributed by atoms with Gasteiger partial charge in [0.2, 0.25) is 0 Å². The zero-order chi connectivity index (χ0) is 11.5. The Bertz CT molecular complexity index is 331. The number of rotatable bonds is 6. The highest BCUT2D eigenvalue weighted by Gasteiger charge is 2.25. The summed E-state index contributed by atoms with van der Waals surface area (Å²) in [5.41, 5.74) is 6.87. The Morgan fingerprint density at radius 3 is 2.88 bits per heavy atom. The number of nitrogens with zero attached hydrogens (tertiary/aromatic N) is 2. The Labute approximate surface area is 102 Å². The van der Waals surface area contributed by atoms with Crippen molar-refractivity contribution >= 4 is 16.5 Å². The molecule has 1 aromatic heterocycles. The highest BCUT2D eigenvalue weighted by molar-refractivity contribution is 7.13. The molecule has 1 saturated carbocycles. The molecule has 4 heteroatoms. The van der Waals surface area contributed by atoms with Crippen LogP contribution in [0.15, 0.2) is 5.38 Å². The molecule has 0 radical (unpaired) electrons. The molecule has 1 unspecified atom stereocenters. The van der Waals surface area contributed by atoms with E-state index in [1.54, 1.807) is 11.3 Å². The summed E-state index contributed by atoms with van der Waals surface area (Å²) in [7, 11) is 0. The molecule has 2 N–H and O–H groups in total. The van der Waals surface area contributed by atoms with Crippen LogP contribution in [0.5, 0.6) is 0 Å². The Morgan fingerprint density at radius 1 is 1.62 bits per heavy atom. The standard InChI is InChI=1S/C12H21N3S/c1-3-6-15(7-10-4-5-10)12-14-11(8-16-12)9(2)13/h8-10H,3-7,13H2,1-2H3. The monoisotopic (exact) mass is 239 g/mol. The first kappa shape index (κ1) is 11.9. The van der Waals surface area contributed by atoms with Gasteiger partial charge in [-0.3, -0.25) is 0 Å². The molecule has 1 heterocycles. The van der Waals surface area contributed by atoms with Crippen LogP contribution in [-0.2, 0) is 0 Å². The lowest BCUT2D eigenvalue weighted by molar-refractivity contribution is 0.700. The predicted octanol–water partition coefficient (Wildman–Crippen LogP) is 2.79. The fourth-order valence-electron chi connectivity index (χ4n) is 1.78. The average molecular weight is 239 g/mol. The summed E-state index contributed by atoms with van der Waals surface area (Å²) in [6, 6.07) is 0.0504. The molecule has 0 spiro atoms.